The first-order valence-corrected chi connectivity index (χ1v) is 10.3. The molecule has 6 heteroatoms. The van der Waals surface area contributed by atoms with E-state index >= 15 is 0 Å². The Morgan fingerprint density at radius 1 is 1.15 bits per heavy atom. The average molecular weight is 358 g/mol. The standard InChI is InChI=1S/C20H31N5O/c1-25-15-17(14-22-25)13-21-20(10-6-2-3-7-11-20)19-23-18(26-24-19)12-16-8-4-5-9-16/h14-16,21H,2-13H2,1H3. The molecule has 0 atom stereocenters. The van der Waals surface area contributed by atoms with Crippen molar-refractivity contribution >= 4 is 0 Å². The highest BCUT2D eigenvalue weighted by molar-refractivity contribution is 5.10. The predicted molar refractivity (Wildman–Crippen MR) is 99.4 cm³/mol. The fourth-order valence-electron chi connectivity index (χ4n) is 4.64. The number of rotatable bonds is 6. The Hall–Kier alpha value is -1.69. The fourth-order valence-corrected chi connectivity index (χ4v) is 4.64. The van der Waals surface area contributed by atoms with Crippen LogP contribution in [0.3, 0.4) is 0 Å². The van der Waals surface area contributed by atoms with Crippen molar-refractivity contribution < 1.29 is 4.52 Å². The van der Waals surface area contributed by atoms with Crippen molar-refractivity contribution in [2.45, 2.75) is 82.7 Å². The third kappa shape index (κ3) is 4.00. The van der Waals surface area contributed by atoms with Gasteiger partial charge in [-0.1, -0.05) is 43.7 Å². The van der Waals surface area contributed by atoms with E-state index in [2.05, 4.69) is 21.8 Å². The molecule has 2 fully saturated rings. The third-order valence-corrected chi connectivity index (χ3v) is 6.18. The summed E-state index contributed by atoms with van der Waals surface area (Å²) in [4.78, 5) is 4.87. The second kappa shape index (κ2) is 7.91. The summed E-state index contributed by atoms with van der Waals surface area (Å²) in [5.41, 5.74) is 1.04. The van der Waals surface area contributed by atoms with Crippen LogP contribution in [0.1, 0.15) is 81.5 Å². The summed E-state index contributed by atoms with van der Waals surface area (Å²) >= 11 is 0. The zero-order chi connectivity index (χ0) is 17.8. The lowest BCUT2D eigenvalue weighted by molar-refractivity contribution is 0.257. The number of nitrogens with one attached hydrogen (secondary N) is 1. The van der Waals surface area contributed by atoms with Gasteiger partial charge < -0.3 is 9.84 Å². The molecule has 0 saturated heterocycles. The van der Waals surface area contributed by atoms with Crippen molar-refractivity contribution in [3.05, 3.63) is 29.7 Å². The quantitative estimate of drug-likeness (QED) is 0.795. The van der Waals surface area contributed by atoms with Gasteiger partial charge in [-0.05, 0) is 31.6 Å². The van der Waals surface area contributed by atoms with Crippen molar-refractivity contribution in [2.75, 3.05) is 0 Å². The molecule has 26 heavy (non-hydrogen) atoms. The number of hydrogen-bond donors (Lipinski definition) is 1. The molecular formula is C20H31N5O. The average Bonchev–Trinajstić information content (AvgIpc) is 3.36. The molecule has 1 N–H and O–H groups in total. The summed E-state index contributed by atoms with van der Waals surface area (Å²) in [6.45, 7) is 0.792. The molecule has 2 aliphatic rings. The summed E-state index contributed by atoms with van der Waals surface area (Å²) in [5, 5.41) is 12.5. The van der Waals surface area contributed by atoms with Gasteiger partial charge in [0.15, 0.2) is 5.82 Å². The lowest BCUT2D eigenvalue weighted by Gasteiger charge is -2.30. The molecule has 4 rings (SSSR count). The summed E-state index contributed by atoms with van der Waals surface area (Å²) in [7, 11) is 1.96. The highest BCUT2D eigenvalue weighted by Crippen LogP contribution is 2.35. The Labute approximate surface area is 155 Å². The van der Waals surface area contributed by atoms with Gasteiger partial charge in [0.1, 0.15) is 0 Å². The van der Waals surface area contributed by atoms with Crippen LogP contribution in [0.15, 0.2) is 16.9 Å². The van der Waals surface area contributed by atoms with Gasteiger partial charge in [-0.2, -0.15) is 10.1 Å². The van der Waals surface area contributed by atoms with Gasteiger partial charge in [0.05, 0.1) is 11.7 Å². The molecule has 2 aromatic rings. The van der Waals surface area contributed by atoms with Crippen LogP contribution in [0.25, 0.3) is 0 Å². The van der Waals surface area contributed by atoms with E-state index < -0.39 is 0 Å². The number of nitrogens with zero attached hydrogens (tertiary/aromatic N) is 4. The predicted octanol–water partition coefficient (Wildman–Crippen LogP) is 3.88. The fraction of sp³-hybridized carbons (Fsp3) is 0.750. The highest BCUT2D eigenvalue weighted by Gasteiger charge is 2.37. The second-order valence-electron chi connectivity index (χ2n) is 8.24. The molecule has 2 aromatic heterocycles. The summed E-state index contributed by atoms with van der Waals surface area (Å²) in [6, 6.07) is 0. The van der Waals surface area contributed by atoms with Gasteiger partial charge in [-0.15, -0.1) is 0 Å². The zero-order valence-corrected chi connectivity index (χ0v) is 15.9. The number of aromatic nitrogens is 4. The Morgan fingerprint density at radius 3 is 2.62 bits per heavy atom. The van der Waals surface area contributed by atoms with Gasteiger partial charge in [0, 0.05) is 31.8 Å². The van der Waals surface area contributed by atoms with Gasteiger partial charge in [-0.3, -0.25) is 4.68 Å². The Balaban J connectivity index is 1.51. The van der Waals surface area contributed by atoms with E-state index in [0.717, 1.165) is 43.4 Å². The molecular weight excluding hydrogens is 326 g/mol. The first-order chi connectivity index (χ1) is 12.7. The van der Waals surface area contributed by atoms with E-state index in [1.165, 1.54) is 56.9 Å². The van der Waals surface area contributed by atoms with E-state index in [4.69, 9.17) is 9.51 Å². The largest absolute Gasteiger partial charge is 0.339 e. The minimum Gasteiger partial charge on any atom is -0.339 e. The van der Waals surface area contributed by atoms with Crippen LogP contribution in [0.2, 0.25) is 0 Å². The SMILES string of the molecule is Cn1cc(CNC2(c3noc(CC4CCCC4)n3)CCCCCC2)cn1. The Kier molecular flexibility index (Phi) is 5.38. The van der Waals surface area contributed by atoms with Crippen LogP contribution in [0.4, 0.5) is 0 Å². The molecule has 0 radical (unpaired) electrons. The van der Waals surface area contributed by atoms with Crippen molar-refractivity contribution in [1.82, 2.24) is 25.2 Å². The molecule has 6 nitrogen and oxygen atoms in total. The first-order valence-electron chi connectivity index (χ1n) is 10.3. The van der Waals surface area contributed by atoms with Crippen molar-refractivity contribution in [1.29, 1.82) is 0 Å². The summed E-state index contributed by atoms with van der Waals surface area (Å²) in [5.74, 6) is 2.44. The third-order valence-electron chi connectivity index (χ3n) is 6.18. The van der Waals surface area contributed by atoms with Crippen LogP contribution in [-0.2, 0) is 25.6 Å². The van der Waals surface area contributed by atoms with E-state index in [1.54, 1.807) is 0 Å². The lowest BCUT2D eigenvalue weighted by Crippen LogP contribution is -2.42. The van der Waals surface area contributed by atoms with Gasteiger partial charge in [0.25, 0.3) is 0 Å². The Bertz CT molecular complexity index is 693. The molecule has 0 bridgehead atoms. The number of aryl methyl sites for hydroxylation is 1. The molecule has 2 heterocycles. The maximum atomic E-state index is 5.68. The first kappa shape index (κ1) is 17.7. The van der Waals surface area contributed by atoms with E-state index in [9.17, 15) is 0 Å². The molecule has 0 spiro atoms. The molecule has 0 aliphatic heterocycles. The van der Waals surface area contributed by atoms with Crippen LogP contribution >= 0.6 is 0 Å². The van der Waals surface area contributed by atoms with Crippen molar-refractivity contribution in [3.63, 3.8) is 0 Å². The minimum absolute atomic E-state index is 0.163. The summed E-state index contributed by atoms with van der Waals surface area (Å²) < 4.78 is 7.54. The molecule has 0 aromatic carbocycles. The second-order valence-corrected chi connectivity index (χ2v) is 8.24. The molecule has 2 saturated carbocycles. The van der Waals surface area contributed by atoms with Gasteiger partial charge >= 0.3 is 0 Å². The molecule has 0 unspecified atom stereocenters. The van der Waals surface area contributed by atoms with E-state index in [1.807, 2.05) is 17.9 Å². The molecule has 2 aliphatic carbocycles. The molecule has 0 amide bonds. The van der Waals surface area contributed by atoms with Crippen LogP contribution in [0, 0.1) is 5.92 Å². The van der Waals surface area contributed by atoms with E-state index in [0.29, 0.717) is 0 Å². The zero-order valence-electron chi connectivity index (χ0n) is 15.9. The summed E-state index contributed by atoms with van der Waals surface area (Å²) in [6.07, 6.45) is 17.4. The topological polar surface area (TPSA) is 68.8 Å². The van der Waals surface area contributed by atoms with Crippen molar-refractivity contribution in [2.24, 2.45) is 13.0 Å². The number of hydrogen-bond acceptors (Lipinski definition) is 5. The minimum atomic E-state index is -0.163. The van der Waals surface area contributed by atoms with Gasteiger partial charge in [-0.25, -0.2) is 0 Å². The maximum absolute atomic E-state index is 5.68. The van der Waals surface area contributed by atoms with Crippen LogP contribution in [-0.4, -0.2) is 19.9 Å². The molecule has 142 valence electrons. The van der Waals surface area contributed by atoms with Crippen LogP contribution < -0.4 is 5.32 Å². The lowest BCUT2D eigenvalue weighted by atomic mass is 9.89. The normalized spacial score (nSPS) is 21.1. The Morgan fingerprint density at radius 2 is 1.92 bits per heavy atom. The van der Waals surface area contributed by atoms with Gasteiger partial charge in [0.2, 0.25) is 5.89 Å². The van der Waals surface area contributed by atoms with E-state index in [-0.39, 0.29) is 5.54 Å². The highest BCUT2D eigenvalue weighted by atomic mass is 16.5. The smallest absolute Gasteiger partial charge is 0.226 e. The van der Waals surface area contributed by atoms with Crippen molar-refractivity contribution in [3.8, 4) is 0 Å². The van der Waals surface area contributed by atoms with Crippen LogP contribution in [0.5, 0.6) is 0 Å². The monoisotopic (exact) mass is 357 g/mol. The maximum Gasteiger partial charge on any atom is 0.226 e.